The molecular weight excluding hydrogens is 565 g/mol. The molecular formula is C39H54O2S2. The Balaban J connectivity index is 1.98. The van der Waals surface area contributed by atoms with Crippen molar-refractivity contribution in [3.8, 4) is 11.5 Å². The van der Waals surface area contributed by atoms with Gasteiger partial charge in [-0.2, -0.15) is 23.5 Å². The Morgan fingerprint density at radius 2 is 0.814 bits per heavy atom. The maximum atomic E-state index is 6.23. The lowest BCUT2D eigenvalue weighted by Crippen LogP contribution is -2.15. The van der Waals surface area contributed by atoms with Gasteiger partial charge in [-0.3, -0.25) is 0 Å². The molecule has 0 amide bonds. The SMILES string of the molecule is CCc1c2cc(C(C)(C)C)cc1CSCc1cc(C(C)(C)C)cc(c1OC)Cc1cc(C(C)(C)C)cc(c1OC)CSC2. The van der Waals surface area contributed by atoms with E-state index >= 15 is 0 Å². The average Bonchev–Trinajstić information content (AvgIpc) is 2.90. The first-order chi connectivity index (χ1) is 20.1. The third-order valence-corrected chi connectivity index (χ3v) is 10.8. The lowest BCUT2D eigenvalue weighted by Gasteiger charge is -2.27. The average molecular weight is 619 g/mol. The maximum Gasteiger partial charge on any atom is 0.126 e. The van der Waals surface area contributed by atoms with Crippen molar-refractivity contribution in [1.82, 2.24) is 0 Å². The van der Waals surface area contributed by atoms with Crippen molar-refractivity contribution in [2.24, 2.45) is 0 Å². The van der Waals surface area contributed by atoms with Crippen LogP contribution in [-0.4, -0.2) is 14.2 Å². The Morgan fingerprint density at radius 3 is 1.12 bits per heavy atom. The topological polar surface area (TPSA) is 18.5 Å². The fourth-order valence-corrected chi connectivity index (χ4v) is 8.09. The molecule has 0 radical (unpaired) electrons. The van der Waals surface area contributed by atoms with Crippen LogP contribution in [0.5, 0.6) is 11.5 Å². The van der Waals surface area contributed by atoms with Crippen molar-refractivity contribution in [2.45, 2.75) is 121 Å². The van der Waals surface area contributed by atoms with Crippen molar-refractivity contribution in [2.75, 3.05) is 14.2 Å². The molecule has 1 aliphatic heterocycles. The molecule has 3 aromatic carbocycles. The minimum atomic E-state index is 0.0335. The predicted octanol–water partition coefficient (Wildman–Crippen LogP) is 10.9. The monoisotopic (exact) mass is 618 g/mol. The van der Waals surface area contributed by atoms with Gasteiger partial charge < -0.3 is 9.47 Å². The smallest absolute Gasteiger partial charge is 0.126 e. The molecule has 1 aliphatic rings. The van der Waals surface area contributed by atoms with Gasteiger partial charge in [-0.05, 0) is 67.2 Å². The molecule has 0 N–H and O–H groups in total. The van der Waals surface area contributed by atoms with E-state index in [4.69, 9.17) is 9.47 Å². The van der Waals surface area contributed by atoms with Gasteiger partial charge in [0.1, 0.15) is 11.5 Å². The van der Waals surface area contributed by atoms with E-state index < -0.39 is 0 Å². The summed E-state index contributed by atoms with van der Waals surface area (Å²) in [7, 11) is 3.67. The normalized spacial score (nSPS) is 14.9. The number of rotatable bonds is 3. The van der Waals surface area contributed by atoms with Gasteiger partial charge in [-0.15, -0.1) is 0 Å². The van der Waals surface area contributed by atoms with Crippen LogP contribution in [0.15, 0.2) is 36.4 Å². The Morgan fingerprint density at radius 1 is 0.512 bits per heavy atom. The largest absolute Gasteiger partial charge is 0.496 e. The summed E-state index contributed by atoms with van der Waals surface area (Å²) in [5.74, 6) is 5.88. The van der Waals surface area contributed by atoms with Gasteiger partial charge in [-0.25, -0.2) is 0 Å². The van der Waals surface area contributed by atoms with Crippen molar-refractivity contribution < 1.29 is 9.47 Å². The zero-order valence-corrected chi connectivity index (χ0v) is 30.5. The number of benzene rings is 3. The van der Waals surface area contributed by atoms with Gasteiger partial charge >= 0.3 is 0 Å². The van der Waals surface area contributed by atoms with E-state index in [0.717, 1.165) is 47.4 Å². The van der Waals surface area contributed by atoms with E-state index in [9.17, 15) is 0 Å². The third-order valence-electron chi connectivity index (χ3n) is 8.69. The zero-order chi connectivity index (χ0) is 31.7. The Hall–Kier alpha value is -2.04. The molecule has 3 aromatic rings. The van der Waals surface area contributed by atoms with Gasteiger partial charge in [0.2, 0.25) is 0 Å². The van der Waals surface area contributed by atoms with Crippen molar-refractivity contribution in [3.05, 3.63) is 92.0 Å². The summed E-state index contributed by atoms with van der Waals surface area (Å²) >= 11 is 4.03. The van der Waals surface area contributed by atoms with Crippen LogP contribution >= 0.6 is 23.5 Å². The number of ether oxygens (including phenoxy) is 2. The second-order valence-corrected chi connectivity index (χ2v) is 17.2. The highest BCUT2D eigenvalue weighted by molar-refractivity contribution is 7.98. The van der Waals surface area contributed by atoms with E-state index in [1.807, 2.05) is 37.7 Å². The molecule has 2 nitrogen and oxygen atoms in total. The molecule has 4 rings (SSSR count). The van der Waals surface area contributed by atoms with Crippen LogP contribution in [0.3, 0.4) is 0 Å². The zero-order valence-electron chi connectivity index (χ0n) is 28.8. The van der Waals surface area contributed by atoms with Crippen molar-refractivity contribution in [3.63, 3.8) is 0 Å². The van der Waals surface area contributed by atoms with Crippen LogP contribution in [-0.2, 0) is 52.1 Å². The van der Waals surface area contributed by atoms with E-state index in [-0.39, 0.29) is 16.2 Å². The summed E-state index contributed by atoms with van der Waals surface area (Å²) in [4.78, 5) is 0. The highest BCUT2D eigenvalue weighted by Gasteiger charge is 2.25. The van der Waals surface area contributed by atoms with Gasteiger partial charge in [0.25, 0.3) is 0 Å². The number of fused-ring (bicyclic) bond motifs is 6. The first-order valence-electron chi connectivity index (χ1n) is 15.8. The number of methoxy groups -OCH3 is 2. The molecule has 0 fully saturated rings. The molecule has 0 aromatic heterocycles. The standard InChI is InChI=1S/C39H54O2S2/c1-13-34-27-17-33(39(8,9)10)18-28(34)22-43-24-30-20-32(38(5,6)7)16-26(36(30)41-12)14-25-15-31(37(2,3)4)19-29(23-42-21-27)35(25)40-11/h15-20H,13-14,21-24H2,1-12H3. The Kier molecular flexibility index (Phi) is 10.3. The van der Waals surface area contributed by atoms with Crippen molar-refractivity contribution in [1.29, 1.82) is 0 Å². The van der Waals surface area contributed by atoms with E-state index in [1.165, 1.54) is 55.6 Å². The van der Waals surface area contributed by atoms with E-state index in [1.54, 1.807) is 0 Å². The molecule has 0 unspecified atom stereocenters. The van der Waals surface area contributed by atoms with Gasteiger partial charge in [-0.1, -0.05) is 106 Å². The molecule has 6 bridgehead atoms. The first-order valence-corrected chi connectivity index (χ1v) is 18.1. The number of hydrogen-bond acceptors (Lipinski definition) is 4. The van der Waals surface area contributed by atoms with Gasteiger partial charge in [0.15, 0.2) is 0 Å². The highest BCUT2D eigenvalue weighted by Crippen LogP contribution is 2.41. The Bertz CT molecular complexity index is 1350. The van der Waals surface area contributed by atoms with Crippen molar-refractivity contribution >= 4 is 23.5 Å². The van der Waals surface area contributed by atoms with Gasteiger partial charge in [0, 0.05) is 40.6 Å². The molecule has 0 aliphatic carbocycles. The summed E-state index contributed by atoms with van der Waals surface area (Å²) in [5, 5.41) is 0. The second kappa shape index (κ2) is 13.1. The van der Waals surface area contributed by atoms with Crippen LogP contribution in [0, 0.1) is 0 Å². The molecule has 0 spiro atoms. The fourth-order valence-electron chi connectivity index (χ4n) is 6.07. The van der Waals surface area contributed by atoms with Crippen LogP contribution < -0.4 is 9.47 Å². The van der Waals surface area contributed by atoms with Crippen LogP contribution in [0.25, 0.3) is 0 Å². The minimum Gasteiger partial charge on any atom is -0.496 e. The summed E-state index contributed by atoms with van der Waals surface area (Å²) in [6.07, 6.45) is 1.83. The predicted molar refractivity (Wildman–Crippen MR) is 191 cm³/mol. The molecule has 234 valence electrons. The summed E-state index contributed by atoms with van der Waals surface area (Å²) < 4.78 is 12.5. The summed E-state index contributed by atoms with van der Waals surface area (Å²) in [6.45, 7) is 23.2. The maximum absolute atomic E-state index is 6.23. The fraction of sp³-hybridized carbons (Fsp3) is 0.538. The quantitative estimate of drug-likeness (QED) is 0.291. The van der Waals surface area contributed by atoms with Gasteiger partial charge in [0.05, 0.1) is 14.2 Å². The molecule has 1 heterocycles. The van der Waals surface area contributed by atoms with Crippen LogP contribution in [0.1, 0.15) is 125 Å². The first kappa shape index (κ1) is 33.8. The van der Waals surface area contributed by atoms with Crippen LogP contribution in [0.2, 0.25) is 0 Å². The molecule has 43 heavy (non-hydrogen) atoms. The minimum absolute atomic E-state index is 0.0335. The second-order valence-electron chi connectivity index (χ2n) is 15.2. The summed E-state index contributed by atoms with van der Waals surface area (Å²) in [6, 6.07) is 14.5. The molecule has 4 heteroatoms. The molecule has 0 atom stereocenters. The van der Waals surface area contributed by atoms with E-state index in [2.05, 4.69) is 106 Å². The Labute approximate surface area is 271 Å². The lowest BCUT2D eigenvalue weighted by molar-refractivity contribution is 0.401. The lowest BCUT2D eigenvalue weighted by atomic mass is 9.82. The number of thioether (sulfide) groups is 2. The number of hydrogen-bond donors (Lipinski definition) is 0. The molecule has 0 saturated heterocycles. The van der Waals surface area contributed by atoms with Crippen LogP contribution in [0.4, 0.5) is 0 Å². The summed E-state index contributed by atoms with van der Waals surface area (Å²) in [5.41, 5.74) is 13.9. The highest BCUT2D eigenvalue weighted by atomic mass is 32.2. The molecule has 0 saturated carbocycles. The van der Waals surface area contributed by atoms with E-state index in [0.29, 0.717) is 0 Å². The third kappa shape index (κ3) is 7.79.